The fourth-order valence-corrected chi connectivity index (χ4v) is 2.67. The monoisotopic (exact) mass is 300 g/mol. The van der Waals surface area contributed by atoms with Crippen molar-refractivity contribution in [1.82, 2.24) is 9.88 Å². The number of fused-ring (bicyclic) bond motifs is 1. The normalized spacial score (nSPS) is 18.4. The summed E-state index contributed by atoms with van der Waals surface area (Å²) in [5, 5.41) is 9.86. The van der Waals surface area contributed by atoms with Gasteiger partial charge in [0.05, 0.1) is 31.2 Å². The smallest absolute Gasteiger partial charge is 0.305 e. The number of ether oxygens (including phenoxy) is 1. The molecule has 2 aromatic rings. The van der Waals surface area contributed by atoms with E-state index in [2.05, 4.69) is 4.98 Å². The molecular formula is C16H16N2O4. The summed E-state index contributed by atoms with van der Waals surface area (Å²) in [6.45, 7) is 1.09. The number of nitrogens with zero attached hydrogens (tertiary/aromatic N) is 2. The number of carboxylic acid groups (broad SMARTS) is 1. The summed E-state index contributed by atoms with van der Waals surface area (Å²) < 4.78 is 5.30. The molecule has 0 bridgehead atoms. The number of amides is 1. The van der Waals surface area contributed by atoms with Gasteiger partial charge in [-0.1, -0.05) is 6.07 Å². The summed E-state index contributed by atoms with van der Waals surface area (Å²) in [6.07, 6.45) is 1.59. The predicted octanol–water partition coefficient (Wildman–Crippen LogP) is 1.55. The van der Waals surface area contributed by atoms with Crippen molar-refractivity contribution in [3.8, 4) is 0 Å². The SMILES string of the molecule is O=C(O)C[C@H]1COCCN1C(=O)c1ccc2ncccc2c1. The number of hydrogen-bond acceptors (Lipinski definition) is 4. The Labute approximate surface area is 127 Å². The van der Waals surface area contributed by atoms with Crippen molar-refractivity contribution in [2.75, 3.05) is 19.8 Å². The Morgan fingerprint density at radius 3 is 3.05 bits per heavy atom. The number of aliphatic carboxylic acids is 1. The minimum Gasteiger partial charge on any atom is -0.481 e. The summed E-state index contributed by atoms with van der Waals surface area (Å²) in [5.74, 6) is -1.10. The summed E-state index contributed by atoms with van der Waals surface area (Å²) >= 11 is 0. The van der Waals surface area contributed by atoms with Gasteiger partial charge >= 0.3 is 5.97 Å². The second-order valence-corrected chi connectivity index (χ2v) is 5.24. The number of morpholine rings is 1. The predicted molar refractivity (Wildman–Crippen MR) is 79.6 cm³/mol. The maximum absolute atomic E-state index is 12.7. The Kier molecular flexibility index (Phi) is 4.02. The van der Waals surface area contributed by atoms with Gasteiger partial charge in [-0.25, -0.2) is 0 Å². The highest BCUT2D eigenvalue weighted by molar-refractivity contribution is 5.98. The highest BCUT2D eigenvalue weighted by Crippen LogP contribution is 2.18. The molecule has 6 nitrogen and oxygen atoms in total. The molecule has 1 aliphatic heterocycles. The van der Waals surface area contributed by atoms with Crippen LogP contribution < -0.4 is 0 Å². The lowest BCUT2D eigenvalue weighted by Crippen LogP contribution is -2.49. The maximum atomic E-state index is 12.7. The zero-order valence-electron chi connectivity index (χ0n) is 11.9. The van der Waals surface area contributed by atoms with Gasteiger partial charge in [0.25, 0.3) is 5.91 Å². The van der Waals surface area contributed by atoms with E-state index in [1.165, 1.54) is 0 Å². The van der Waals surface area contributed by atoms with Crippen LogP contribution in [0.5, 0.6) is 0 Å². The Hall–Kier alpha value is -2.47. The highest BCUT2D eigenvalue weighted by atomic mass is 16.5. The fourth-order valence-electron chi connectivity index (χ4n) is 2.67. The minimum absolute atomic E-state index is 0.110. The Morgan fingerprint density at radius 1 is 1.36 bits per heavy atom. The number of hydrogen-bond donors (Lipinski definition) is 1. The number of benzene rings is 1. The van der Waals surface area contributed by atoms with E-state index in [1.54, 1.807) is 29.3 Å². The Morgan fingerprint density at radius 2 is 2.23 bits per heavy atom. The van der Waals surface area contributed by atoms with Crippen molar-refractivity contribution in [3.63, 3.8) is 0 Å². The first kappa shape index (κ1) is 14.5. The maximum Gasteiger partial charge on any atom is 0.305 e. The average molecular weight is 300 g/mol. The molecule has 1 saturated heterocycles. The van der Waals surface area contributed by atoms with Gasteiger partial charge in [-0.15, -0.1) is 0 Å². The van der Waals surface area contributed by atoms with E-state index in [1.807, 2.05) is 12.1 Å². The second-order valence-electron chi connectivity index (χ2n) is 5.24. The third-order valence-corrected chi connectivity index (χ3v) is 3.75. The molecule has 0 unspecified atom stereocenters. The molecule has 1 amide bonds. The van der Waals surface area contributed by atoms with E-state index in [0.29, 0.717) is 18.7 Å². The van der Waals surface area contributed by atoms with Crippen molar-refractivity contribution < 1.29 is 19.4 Å². The molecular weight excluding hydrogens is 284 g/mol. The Bertz CT molecular complexity index is 716. The van der Waals surface area contributed by atoms with Gasteiger partial charge in [0.15, 0.2) is 0 Å². The fraction of sp³-hybridized carbons (Fsp3) is 0.312. The molecule has 1 aliphatic rings. The molecule has 1 fully saturated rings. The lowest BCUT2D eigenvalue weighted by Gasteiger charge is -2.34. The van der Waals surface area contributed by atoms with Crippen LogP contribution in [0.1, 0.15) is 16.8 Å². The van der Waals surface area contributed by atoms with Crippen molar-refractivity contribution >= 4 is 22.8 Å². The minimum atomic E-state index is -0.934. The summed E-state index contributed by atoms with van der Waals surface area (Å²) in [5.41, 5.74) is 1.36. The zero-order valence-corrected chi connectivity index (χ0v) is 11.9. The van der Waals surface area contributed by atoms with Crippen LogP contribution >= 0.6 is 0 Å². The van der Waals surface area contributed by atoms with E-state index in [0.717, 1.165) is 10.9 Å². The van der Waals surface area contributed by atoms with Gasteiger partial charge in [0.1, 0.15) is 0 Å². The molecule has 1 aromatic carbocycles. The number of carbonyl (C=O) groups excluding carboxylic acids is 1. The Balaban J connectivity index is 1.87. The second kappa shape index (κ2) is 6.11. The van der Waals surface area contributed by atoms with E-state index in [9.17, 15) is 9.59 Å². The van der Waals surface area contributed by atoms with Crippen LogP contribution in [0.25, 0.3) is 10.9 Å². The summed E-state index contributed by atoms with van der Waals surface area (Å²) in [6, 6.07) is 8.60. The van der Waals surface area contributed by atoms with E-state index in [-0.39, 0.29) is 18.9 Å². The first-order valence-electron chi connectivity index (χ1n) is 7.10. The number of carboxylic acids is 1. The molecule has 1 N–H and O–H groups in total. The molecule has 1 aromatic heterocycles. The molecule has 2 heterocycles. The number of carbonyl (C=O) groups is 2. The quantitative estimate of drug-likeness (QED) is 0.930. The lowest BCUT2D eigenvalue weighted by molar-refractivity contribution is -0.139. The van der Waals surface area contributed by atoms with Gasteiger partial charge < -0.3 is 14.7 Å². The van der Waals surface area contributed by atoms with Crippen LogP contribution in [0.4, 0.5) is 0 Å². The van der Waals surface area contributed by atoms with Gasteiger partial charge in [0.2, 0.25) is 0 Å². The van der Waals surface area contributed by atoms with Gasteiger partial charge in [-0.2, -0.15) is 0 Å². The number of pyridine rings is 1. The third kappa shape index (κ3) is 2.92. The highest BCUT2D eigenvalue weighted by Gasteiger charge is 2.29. The zero-order chi connectivity index (χ0) is 15.5. The molecule has 0 radical (unpaired) electrons. The van der Waals surface area contributed by atoms with E-state index < -0.39 is 12.0 Å². The molecule has 3 rings (SSSR count). The van der Waals surface area contributed by atoms with E-state index >= 15 is 0 Å². The first-order chi connectivity index (χ1) is 10.6. The molecule has 0 aliphatic carbocycles. The van der Waals surface area contributed by atoms with E-state index in [4.69, 9.17) is 9.84 Å². The molecule has 0 spiro atoms. The van der Waals surface area contributed by atoms with Gasteiger partial charge in [0, 0.05) is 23.7 Å². The largest absolute Gasteiger partial charge is 0.481 e. The lowest BCUT2D eigenvalue weighted by atomic mass is 10.1. The van der Waals surface area contributed by atoms with Gasteiger partial charge in [-0.3, -0.25) is 14.6 Å². The third-order valence-electron chi connectivity index (χ3n) is 3.75. The number of rotatable bonds is 3. The van der Waals surface area contributed by atoms with Crippen molar-refractivity contribution in [2.24, 2.45) is 0 Å². The van der Waals surface area contributed by atoms with Crippen LogP contribution in [-0.2, 0) is 9.53 Å². The first-order valence-corrected chi connectivity index (χ1v) is 7.10. The van der Waals surface area contributed by atoms with Crippen LogP contribution in [0.2, 0.25) is 0 Å². The van der Waals surface area contributed by atoms with Crippen molar-refractivity contribution in [2.45, 2.75) is 12.5 Å². The summed E-state index contributed by atoms with van der Waals surface area (Å²) in [7, 11) is 0. The van der Waals surface area contributed by atoms with Crippen molar-refractivity contribution in [3.05, 3.63) is 42.1 Å². The van der Waals surface area contributed by atoms with Gasteiger partial charge in [-0.05, 0) is 24.3 Å². The standard InChI is InChI=1S/C16H16N2O4/c19-15(20)9-13-10-22-7-6-18(13)16(21)12-3-4-14-11(8-12)2-1-5-17-14/h1-5,8,13H,6-7,9-10H2,(H,19,20)/t13-/m0/s1. The molecule has 114 valence electrons. The van der Waals surface area contributed by atoms with Crippen LogP contribution in [0.15, 0.2) is 36.5 Å². The number of aromatic nitrogens is 1. The topological polar surface area (TPSA) is 79.7 Å². The molecule has 6 heteroatoms. The molecule has 1 atom stereocenters. The average Bonchev–Trinajstić information content (AvgIpc) is 2.54. The molecule has 0 saturated carbocycles. The summed E-state index contributed by atoms with van der Waals surface area (Å²) in [4.78, 5) is 29.5. The molecule has 22 heavy (non-hydrogen) atoms. The van der Waals surface area contributed by atoms with Crippen LogP contribution in [0.3, 0.4) is 0 Å². The van der Waals surface area contributed by atoms with Crippen molar-refractivity contribution in [1.29, 1.82) is 0 Å². The van der Waals surface area contributed by atoms with Crippen LogP contribution in [0, 0.1) is 0 Å². The van der Waals surface area contributed by atoms with Crippen LogP contribution in [-0.4, -0.2) is 52.7 Å².